The van der Waals surface area contributed by atoms with E-state index in [1.165, 1.54) is 12.1 Å². The molecule has 0 heterocycles. The van der Waals surface area contributed by atoms with Crippen LogP contribution in [0.1, 0.15) is 17.3 Å². The summed E-state index contributed by atoms with van der Waals surface area (Å²) in [6, 6.07) is 5.20. The molecule has 1 aromatic carbocycles. The third-order valence-corrected chi connectivity index (χ3v) is 1.66. The summed E-state index contributed by atoms with van der Waals surface area (Å²) >= 11 is 0. The normalized spacial score (nSPS) is 14.2. The van der Waals surface area contributed by atoms with Crippen molar-refractivity contribution in [3.63, 3.8) is 0 Å². The molecule has 1 atom stereocenters. The lowest BCUT2D eigenvalue weighted by atomic mass is 10.1. The third-order valence-electron chi connectivity index (χ3n) is 1.66. The van der Waals surface area contributed by atoms with E-state index in [9.17, 15) is 17.6 Å². The van der Waals surface area contributed by atoms with Crippen LogP contribution in [0.15, 0.2) is 24.3 Å². The average Bonchev–Trinajstić information content (AvgIpc) is 2.03. The molecule has 1 aromatic rings. The SMILES string of the molecule is Cc1ccc(C(F)C(F)(F)F)cc1. The second-order valence-corrected chi connectivity index (χ2v) is 2.81. The lowest BCUT2D eigenvalue weighted by molar-refractivity contribution is -0.182. The van der Waals surface area contributed by atoms with Gasteiger partial charge in [0, 0.05) is 0 Å². The maximum absolute atomic E-state index is 12.6. The van der Waals surface area contributed by atoms with Gasteiger partial charge in [0.25, 0.3) is 0 Å². The van der Waals surface area contributed by atoms with Crippen molar-refractivity contribution in [2.24, 2.45) is 0 Å². The first-order chi connectivity index (χ1) is 5.91. The minimum Gasteiger partial charge on any atom is -0.232 e. The minimum atomic E-state index is -4.81. The molecule has 4 heteroatoms. The Morgan fingerprint density at radius 2 is 1.54 bits per heavy atom. The van der Waals surface area contributed by atoms with Gasteiger partial charge in [-0.1, -0.05) is 29.8 Å². The molecule has 0 nitrogen and oxygen atoms in total. The van der Waals surface area contributed by atoms with Gasteiger partial charge in [-0.2, -0.15) is 13.2 Å². The van der Waals surface area contributed by atoms with Crippen molar-refractivity contribution < 1.29 is 17.6 Å². The van der Waals surface area contributed by atoms with E-state index >= 15 is 0 Å². The predicted octanol–water partition coefficient (Wildman–Crippen LogP) is 3.57. The highest BCUT2D eigenvalue weighted by atomic mass is 19.4. The zero-order valence-electron chi connectivity index (χ0n) is 6.90. The zero-order valence-corrected chi connectivity index (χ0v) is 6.90. The second kappa shape index (κ2) is 3.36. The van der Waals surface area contributed by atoms with Gasteiger partial charge in [-0.15, -0.1) is 0 Å². The van der Waals surface area contributed by atoms with Crippen LogP contribution in [-0.2, 0) is 0 Å². The third kappa shape index (κ3) is 2.44. The molecule has 0 radical (unpaired) electrons. The van der Waals surface area contributed by atoms with Crippen molar-refractivity contribution in [1.29, 1.82) is 0 Å². The van der Waals surface area contributed by atoms with Crippen molar-refractivity contribution in [3.05, 3.63) is 35.4 Å². The van der Waals surface area contributed by atoms with Crippen molar-refractivity contribution in [1.82, 2.24) is 0 Å². The van der Waals surface area contributed by atoms with Crippen LogP contribution in [0, 0.1) is 6.92 Å². The first-order valence-electron chi connectivity index (χ1n) is 3.68. The Morgan fingerprint density at radius 3 is 1.92 bits per heavy atom. The smallest absolute Gasteiger partial charge is 0.232 e. The van der Waals surface area contributed by atoms with Gasteiger partial charge in [0.2, 0.25) is 6.17 Å². The van der Waals surface area contributed by atoms with Gasteiger partial charge in [-0.3, -0.25) is 0 Å². The van der Waals surface area contributed by atoms with Crippen LogP contribution >= 0.6 is 0 Å². The highest BCUT2D eigenvalue weighted by Crippen LogP contribution is 2.35. The maximum atomic E-state index is 12.6. The van der Waals surface area contributed by atoms with E-state index in [0.717, 1.165) is 17.7 Å². The fourth-order valence-electron chi connectivity index (χ4n) is 0.924. The van der Waals surface area contributed by atoms with Gasteiger partial charge < -0.3 is 0 Å². The van der Waals surface area contributed by atoms with Crippen LogP contribution in [-0.4, -0.2) is 6.18 Å². The predicted molar refractivity (Wildman–Crippen MR) is 41.1 cm³/mol. The number of halogens is 4. The van der Waals surface area contributed by atoms with Crippen LogP contribution in [0.2, 0.25) is 0 Å². The van der Waals surface area contributed by atoms with E-state index in [1.54, 1.807) is 6.92 Å². The Balaban J connectivity index is 2.90. The van der Waals surface area contributed by atoms with E-state index in [2.05, 4.69) is 0 Å². The molecule has 0 aliphatic heterocycles. The van der Waals surface area contributed by atoms with Gasteiger partial charge in [-0.05, 0) is 12.5 Å². The van der Waals surface area contributed by atoms with E-state index in [1.807, 2.05) is 0 Å². The molecule has 72 valence electrons. The van der Waals surface area contributed by atoms with Crippen LogP contribution in [0.4, 0.5) is 17.6 Å². The summed E-state index contributed by atoms with van der Waals surface area (Å²) in [7, 11) is 0. The molecule has 0 fully saturated rings. The molecule has 0 amide bonds. The monoisotopic (exact) mass is 192 g/mol. The summed E-state index contributed by atoms with van der Waals surface area (Å²) < 4.78 is 48.2. The van der Waals surface area contributed by atoms with Gasteiger partial charge in [0.05, 0.1) is 0 Å². The zero-order chi connectivity index (χ0) is 10.1. The van der Waals surface area contributed by atoms with Crippen LogP contribution in [0.25, 0.3) is 0 Å². The van der Waals surface area contributed by atoms with Crippen molar-refractivity contribution >= 4 is 0 Å². The number of hydrogen-bond acceptors (Lipinski definition) is 0. The highest BCUT2D eigenvalue weighted by Gasteiger charge is 2.41. The van der Waals surface area contributed by atoms with E-state index in [-0.39, 0.29) is 5.56 Å². The van der Waals surface area contributed by atoms with E-state index < -0.39 is 12.3 Å². The number of rotatable bonds is 1. The molecule has 0 saturated heterocycles. The fraction of sp³-hybridized carbons (Fsp3) is 0.333. The molecule has 0 aromatic heterocycles. The van der Waals surface area contributed by atoms with Gasteiger partial charge in [-0.25, -0.2) is 4.39 Å². The summed E-state index contributed by atoms with van der Waals surface area (Å²) in [6.07, 6.45) is -7.69. The Kier molecular flexibility index (Phi) is 2.59. The van der Waals surface area contributed by atoms with E-state index in [0.29, 0.717) is 0 Å². The lowest BCUT2D eigenvalue weighted by Crippen LogP contribution is -2.16. The molecule has 1 rings (SSSR count). The van der Waals surface area contributed by atoms with Crippen LogP contribution in [0.5, 0.6) is 0 Å². The van der Waals surface area contributed by atoms with E-state index in [4.69, 9.17) is 0 Å². The molecule has 0 aliphatic rings. The number of aryl methyl sites for hydroxylation is 1. The second-order valence-electron chi connectivity index (χ2n) is 2.81. The molecule has 0 bridgehead atoms. The molecule has 0 spiro atoms. The first-order valence-corrected chi connectivity index (χ1v) is 3.68. The number of hydrogen-bond donors (Lipinski definition) is 0. The molecule has 0 N–H and O–H groups in total. The number of benzene rings is 1. The standard InChI is InChI=1S/C9H8F4/c1-6-2-4-7(5-3-6)8(10)9(11,12)13/h2-5,8H,1H3. The lowest BCUT2D eigenvalue weighted by Gasteiger charge is -2.12. The summed E-state index contributed by atoms with van der Waals surface area (Å²) in [6.45, 7) is 1.73. The Hall–Kier alpha value is -1.06. The van der Waals surface area contributed by atoms with Crippen molar-refractivity contribution in [2.75, 3.05) is 0 Å². The highest BCUT2D eigenvalue weighted by molar-refractivity contribution is 5.23. The Morgan fingerprint density at radius 1 is 1.08 bits per heavy atom. The molecule has 0 saturated carbocycles. The molecule has 13 heavy (non-hydrogen) atoms. The van der Waals surface area contributed by atoms with Crippen molar-refractivity contribution in [3.8, 4) is 0 Å². The largest absolute Gasteiger partial charge is 0.423 e. The summed E-state index contributed by atoms with van der Waals surface area (Å²) in [5.74, 6) is 0. The minimum absolute atomic E-state index is 0.349. The topological polar surface area (TPSA) is 0 Å². The van der Waals surface area contributed by atoms with Gasteiger partial charge in [0.1, 0.15) is 0 Å². The molecular weight excluding hydrogens is 184 g/mol. The summed E-state index contributed by atoms with van der Waals surface area (Å²) in [4.78, 5) is 0. The maximum Gasteiger partial charge on any atom is 0.423 e. The van der Waals surface area contributed by atoms with Crippen molar-refractivity contribution in [2.45, 2.75) is 19.3 Å². The van der Waals surface area contributed by atoms with Crippen LogP contribution < -0.4 is 0 Å². The van der Waals surface area contributed by atoms with Gasteiger partial charge in [0.15, 0.2) is 0 Å². The molecule has 1 unspecified atom stereocenters. The average molecular weight is 192 g/mol. The molecule has 0 aliphatic carbocycles. The summed E-state index contributed by atoms with van der Waals surface area (Å²) in [5.41, 5.74) is 0.455. The molecular formula is C9H8F4. The first kappa shape index (κ1) is 10.0. The summed E-state index contributed by atoms with van der Waals surface area (Å²) in [5, 5.41) is 0. The van der Waals surface area contributed by atoms with Crippen LogP contribution in [0.3, 0.4) is 0 Å². The quantitative estimate of drug-likeness (QED) is 0.596. The fourth-order valence-corrected chi connectivity index (χ4v) is 0.924. The Labute approximate surface area is 73.2 Å². The van der Waals surface area contributed by atoms with Gasteiger partial charge >= 0.3 is 6.18 Å². The Bertz CT molecular complexity index is 273. The number of alkyl halides is 4.